The molecule has 2 heterocycles. The number of piperidine rings is 2. The minimum atomic E-state index is -0.124. The van der Waals surface area contributed by atoms with E-state index in [1.807, 2.05) is 0 Å². The largest absolute Gasteiger partial charge is 0.313 e. The van der Waals surface area contributed by atoms with Crippen LogP contribution in [-0.2, 0) is 0 Å². The zero-order chi connectivity index (χ0) is 14.7. The summed E-state index contributed by atoms with van der Waals surface area (Å²) in [5.41, 5.74) is -0.0771. The molecule has 2 fully saturated rings. The highest BCUT2D eigenvalue weighted by Gasteiger charge is 2.56. The number of hydroxylamine groups is 2. The Balaban J connectivity index is 2.39. The van der Waals surface area contributed by atoms with E-state index in [4.69, 9.17) is 0 Å². The second-order valence-electron chi connectivity index (χ2n) is 9.11. The average molecular weight is 268 g/mol. The van der Waals surface area contributed by atoms with Crippen molar-refractivity contribution < 1.29 is 5.21 Å². The second-order valence-corrected chi connectivity index (χ2v) is 9.11. The number of nitrogens with zero attached hydrogens (tertiary/aromatic N) is 1. The molecule has 19 heavy (non-hydrogen) atoms. The van der Waals surface area contributed by atoms with Crippen molar-refractivity contribution in [1.82, 2.24) is 10.4 Å². The predicted octanol–water partition coefficient (Wildman–Crippen LogP) is 3.57. The first-order valence-electron chi connectivity index (χ1n) is 7.66. The van der Waals surface area contributed by atoms with E-state index in [1.54, 1.807) is 5.06 Å². The fraction of sp³-hybridized carbons (Fsp3) is 1.00. The van der Waals surface area contributed by atoms with Gasteiger partial charge in [0, 0.05) is 16.6 Å². The van der Waals surface area contributed by atoms with Crippen LogP contribution in [0.4, 0.5) is 0 Å². The lowest BCUT2D eigenvalue weighted by atomic mass is 9.63. The van der Waals surface area contributed by atoms with Gasteiger partial charge in [0.05, 0.1) is 5.54 Å². The van der Waals surface area contributed by atoms with Crippen LogP contribution in [0, 0.1) is 5.92 Å². The molecule has 0 aromatic heterocycles. The topological polar surface area (TPSA) is 35.5 Å². The Kier molecular flexibility index (Phi) is 3.37. The molecule has 3 heteroatoms. The molecule has 0 aliphatic carbocycles. The number of hydrogen-bond acceptors (Lipinski definition) is 3. The predicted molar refractivity (Wildman–Crippen MR) is 79.4 cm³/mol. The first-order valence-corrected chi connectivity index (χ1v) is 7.66. The molecule has 0 saturated carbocycles. The molecule has 1 spiro atoms. The molecule has 2 saturated heterocycles. The van der Waals surface area contributed by atoms with Crippen LogP contribution < -0.4 is 5.32 Å². The summed E-state index contributed by atoms with van der Waals surface area (Å²) < 4.78 is 0. The van der Waals surface area contributed by atoms with Crippen LogP contribution in [0.3, 0.4) is 0 Å². The standard InChI is InChI=1S/C16H32N2O/c1-12-8-15(6,7)18(19)16(9-12)10-13(2,3)17-14(4,5)11-16/h12,17,19H,8-11H2,1-7H3. The van der Waals surface area contributed by atoms with Gasteiger partial charge < -0.3 is 10.5 Å². The van der Waals surface area contributed by atoms with Crippen molar-refractivity contribution in [3.8, 4) is 0 Å². The SMILES string of the molecule is CC1CC(C)(C)N(O)C2(C1)CC(C)(C)NC(C)(C)C2. The average Bonchev–Trinajstić information content (AvgIpc) is 2.07. The molecule has 0 radical (unpaired) electrons. The van der Waals surface area contributed by atoms with Gasteiger partial charge in [0.1, 0.15) is 0 Å². The van der Waals surface area contributed by atoms with Crippen LogP contribution in [0.15, 0.2) is 0 Å². The molecule has 112 valence electrons. The molecule has 0 amide bonds. The fourth-order valence-electron chi connectivity index (χ4n) is 5.39. The van der Waals surface area contributed by atoms with Gasteiger partial charge in [-0.25, -0.2) is 0 Å². The van der Waals surface area contributed by atoms with Gasteiger partial charge in [0.15, 0.2) is 0 Å². The molecule has 1 unspecified atom stereocenters. The molecule has 2 aliphatic rings. The highest BCUT2D eigenvalue weighted by molar-refractivity contribution is 5.11. The molecule has 2 N–H and O–H groups in total. The quantitative estimate of drug-likeness (QED) is 0.705. The van der Waals surface area contributed by atoms with Gasteiger partial charge in [-0.05, 0) is 73.1 Å². The van der Waals surface area contributed by atoms with Crippen molar-refractivity contribution in [2.75, 3.05) is 0 Å². The normalized spacial score (nSPS) is 36.3. The van der Waals surface area contributed by atoms with Crippen LogP contribution in [0.2, 0.25) is 0 Å². The lowest BCUT2D eigenvalue weighted by Crippen LogP contribution is -2.72. The maximum atomic E-state index is 10.9. The Morgan fingerprint density at radius 2 is 1.42 bits per heavy atom. The molecule has 2 aliphatic heterocycles. The second kappa shape index (κ2) is 4.19. The van der Waals surface area contributed by atoms with Crippen LogP contribution in [-0.4, -0.2) is 32.4 Å². The van der Waals surface area contributed by atoms with Crippen LogP contribution >= 0.6 is 0 Å². The van der Waals surface area contributed by atoms with E-state index in [1.165, 1.54) is 0 Å². The summed E-state index contributed by atoms with van der Waals surface area (Å²) in [6, 6.07) is 0. The van der Waals surface area contributed by atoms with E-state index < -0.39 is 0 Å². The fourth-order valence-corrected chi connectivity index (χ4v) is 5.39. The summed E-state index contributed by atoms with van der Waals surface area (Å²) in [4.78, 5) is 0. The molecule has 0 bridgehead atoms. The van der Waals surface area contributed by atoms with E-state index in [0.717, 1.165) is 25.7 Å². The van der Waals surface area contributed by atoms with Gasteiger partial charge in [-0.15, -0.1) is 0 Å². The smallest absolute Gasteiger partial charge is 0.0503 e. The van der Waals surface area contributed by atoms with Crippen molar-refractivity contribution >= 4 is 0 Å². The van der Waals surface area contributed by atoms with Crippen LogP contribution in [0.1, 0.15) is 74.1 Å². The maximum absolute atomic E-state index is 10.9. The summed E-state index contributed by atoms with van der Waals surface area (Å²) in [6.45, 7) is 15.7. The van der Waals surface area contributed by atoms with E-state index in [0.29, 0.717) is 5.92 Å². The summed E-state index contributed by atoms with van der Waals surface area (Å²) in [6.07, 6.45) is 4.18. The summed E-state index contributed by atoms with van der Waals surface area (Å²) >= 11 is 0. The van der Waals surface area contributed by atoms with E-state index in [2.05, 4.69) is 53.8 Å². The molecule has 0 aromatic rings. The Bertz CT molecular complexity index is 344. The monoisotopic (exact) mass is 268 g/mol. The highest BCUT2D eigenvalue weighted by Crippen LogP contribution is 2.50. The zero-order valence-electron chi connectivity index (χ0n) is 13.8. The number of rotatable bonds is 0. The number of nitrogens with one attached hydrogen (secondary N) is 1. The minimum absolute atomic E-state index is 0.0653. The van der Waals surface area contributed by atoms with E-state index in [-0.39, 0.29) is 22.2 Å². The third-order valence-corrected chi connectivity index (χ3v) is 4.82. The van der Waals surface area contributed by atoms with Crippen molar-refractivity contribution in [3.63, 3.8) is 0 Å². The lowest BCUT2D eigenvalue weighted by Gasteiger charge is -2.61. The molecule has 3 nitrogen and oxygen atoms in total. The Labute approximate surface area is 118 Å². The molecule has 0 aromatic carbocycles. The van der Waals surface area contributed by atoms with Crippen LogP contribution in [0.5, 0.6) is 0 Å². The third kappa shape index (κ3) is 2.84. The highest BCUT2D eigenvalue weighted by atomic mass is 16.5. The third-order valence-electron chi connectivity index (χ3n) is 4.82. The van der Waals surface area contributed by atoms with Crippen molar-refractivity contribution in [2.45, 2.75) is 96.3 Å². The first-order chi connectivity index (χ1) is 8.38. The van der Waals surface area contributed by atoms with Gasteiger partial charge in [0.2, 0.25) is 0 Å². The number of hydrogen-bond donors (Lipinski definition) is 2. The van der Waals surface area contributed by atoms with Gasteiger partial charge in [-0.2, -0.15) is 5.06 Å². The molecular weight excluding hydrogens is 236 g/mol. The first kappa shape index (κ1) is 15.3. The van der Waals surface area contributed by atoms with Crippen molar-refractivity contribution in [1.29, 1.82) is 0 Å². The summed E-state index contributed by atoms with van der Waals surface area (Å²) in [7, 11) is 0. The maximum Gasteiger partial charge on any atom is 0.0503 e. The summed E-state index contributed by atoms with van der Waals surface area (Å²) in [5.74, 6) is 0.670. The van der Waals surface area contributed by atoms with E-state index >= 15 is 0 Å². The Morgan fingerprint density at radius 3 is 1.89 bits per heavy atom. The van der Waals surface area contributed by atoms with Gasteiger partial charge in [-0.1, -0.05) is 6.92 Å². The minimum Gasteiger partial charge on any atom is -0.313 e. The molecular formula is C16H32N2O. The zero-order valence-corrected chi connectivity index (χ0v) is 13.8. The van der Waals surface area contributed by atoms with Crippen LogP contribution in [0.25, 0.3) is 0 Å². The van der Waals surface area contributed by atoms with Crippen molar-refractivity contribution in [3.05, 3.63) is 0 Å². The Hall–Kier alpha value is -0.120. The van der Waals surface area contributed by atoms with Gasteiger partial charge in [0.25, 0.3) is 0 Å². The van der Waals surface area contributed by atoms with Gasteiger partial charge in [-0.3, -0.25) is 0 Å². The lowest BCUT2D eigenvalue weighted by molar-refractivity contribution is -0.278. The van der Waals surface area contributed by atoms with Gasteiger partial charge >= 0.3 is 0 Å². The molecule has 1 atom stereocenters. The molecule has 2 rings (SSSR count). The van der Waals surface area contributed by atoms with E-state index in [9.17, 15) is 5.21 Å². The Morgan fingerprint density at radius 1 is 0.947 bits per heavy atom. The van der Waals surface area contributed by atoms with Crippen molar-refractivity contribution in [2.24, 2.45) is 5.92 Å². The summed E-state index contributed by atoms with van der Waals surface area (Å²) in [5, 5.41) is 16.3.